The molecule has 3 aromatic rings. The maximum absolute atomic E-state index is 4.26. The lowest BCUT2D eigenvalue weighted by Crippen LogP contribution is -2.20. The molecule has 0 aliphatic carbocycles. The van der Waals surface area contributed by atoms with Crippen molar-refractivity contribution in [3.8, 4) is 11.3 Å². The summed E-state index contributed by atoms with van der Waals surface area (Å²) < 4.78 is 0. The molecule has 2 aromatic heterocycles. The molecule has 0 amide bonds. The zero-order valence-corrected chi connectivity index (χ0v) is 13.3. The average Bonchev–Trinajstić information content (AvgIpc) is 3.29. The molecule has 1 fully saturated rings. The van der Waals surface area contributed by atoms with Crippen molar-refractivity contribution in [2.24, 2.45) is 0 Å². The Kier molecular flexibility index (Phi) is 3.71. The summed E-state index contributed by atoms with van der Waals surface area (Å²) in [6.45, 7) is 5.25. The molecule has 0 bridgehead atoms. The largest absolute Gasteiger partial charge is 0.298 e. The maximum atomic E-state index is 4.26. The Morgan fingerprint density at radius 1 is 1.13 bits per heavy atom. The minimum Gasteiger partial charge on any atom is -0.298 e. The van der Waals surface area contributed by atoms with Gasteiger partial charge in [-0.2, -0.15) is 10.2 Å². The van der Waals surface area contributed by atoms with Crippen LogP contribution in [0.3, 0.4) is 0 Å². The van der Waals surface area contributed by atoms with Crippen LogP contribution >= 0.6 is 0 Å². The van der Waals surface area contributed by atoms with E-state index in [2.05, 4.69) is 56.5 Å². The van der Waals surface area contributed by atoms with E-state index >= 15 is 0 Å². The second-order valence-electron chi connectivity index (χ2n) is 6.32. The van der Waals surface area contributed by atoms with E-state index in [1.165, 1.54) is 28.8 Å². The first-order valence-electron chi connectivity index (χ1n) is 8.11. The first-order valence-corrected chi connectivity index (χ1v) is 8.11. The van der Waals surface area contributed by atoms with Gasteiger partial charge in [0.25, 0.3) is 0 Å². The van der Waals surface area contributed by atoms with Crippen molar-refractivity contribution in [2.75, 3.05) is 13.1 Å². The Hall–Kier alpha value is -2.40. The van der Waals surface area contributed by atoms with Crippen LogP contribution in [-0.2, 0) is 6.54 Å². The second kappa shape index (κ2) is 6.01. The van der Waals surface area contributed by atoms with Crippen LogP contribution in [0, 0.1) is 6.92 Å². The summed E-state index contributed by atoms with van der Waals surface area (Å²) in [4.78, 5) is 2.50. The number of aromatic amines is 2. The Balaban J connectivity index is 1.48. The molecule has 0 saturated carbocycles. The summed E-state index contributed by atoms with van der Waals surface area (Å²) in [5.41, 5.74) is 6.15. The number of aromatic nitrogens is 4. The molecule has 5 heteroatoms. The summed E-state index contributed by atoms with van der Waals surface area (Å²) in [5, 5.41) is 14.7. The van der Waals surface area contributed by atoms with Gasteiger partial charge in [-0.05, 0) is 31.0 Å². The lowest BCUT2D eigenvalue weighted by molar-refractivity contribution is 0.326. The quantitative estimate of drug-likeness (QED) is 0.778. The molecule has 1 aliphatic heterocycles. The highest BCUT2D eigenvalue weighted by molar-refractivity contribution is 5.62. The predicted octanol–water partition coefficient (Wildman–Crippen LogP) is 3.10. The number of H-pyrrole nitrogens is 2. The minimum absolute atomic E-state index is 0.560. The van der Waals surface area contributed by atoms with Gasteiger partial charge < -0.3 is 0 Å². The normalized spacial score (nSPS) is 18.6. The van der Waals surface area contributed by atoms with Gasteiger partial charge in [0.15, 0.2) is 0 Å². The van der Waals surface area contributed by atoms with Crippen molar-refractivity contribution in [1.29, 1.82) is 0 Å². The van der Waals surface area contributed by atoms with Gasteiger partial charge in [-0.1, -0.05) is 30.3 Å². The third-order valence-corrected chi connectivity index (χ3v) is 4.72. The Morgan fingerprint density at radius 3 is 2.74 bits per heavy atom. The summed E-state index contributed by atoms with van der Waals surface area (Å²) in [7, 11) is 0. The lowest BCUT2D eigenvalue weighted by atomic mass is 10.0. The van der Waals surface area contributed by atoms with E-state index in [0.717, 1.165) is 25.3 Å². The first kappa shape index (κ1) is 14.2. The van der Waals surface area contributed by atoms with Gasteiger partial charge in [0, 0.05) is 30.3 Å². The second-order valence-corrected chi connectivity index (χ2v) is 6.32. The molecule has 1 atom stereocenters. The van der Waals surface area contributed by atoms with Crippen molar-refractivity contribution in [3.05, 3.63) is 59.5 Å². The van der Waals surface area contributed by atoms with Crippen LogP contribution in [0.15, 0.2) is 42.7 Å². The number of benzene rings is 1. The fourth-order valence-corrected chi connectivity index (χ4v) is 3.51. The van der Waals surface area contributed by atoms with Gasteiger partial charge in [-0.15, -0.1) is 0 Å². The van der Waals surface area contributed by atoms with Gasteiger partial charge in [-0.25, -0.2) is 0 Å². The molecule has 4 rings (SSSR count). The van der Waals surface area contributed by atoms with E-state index in [-0.39, 0.29) is 0 Å². The van der Waals surface area contributed by atoms with Crippen molar-refractivity contribution >= 4 is 0 Å². The standard InChI is InChI=1S/C18H21N5/c1-13-9-19-21-17(13)15-7-8-23(11-15)12-16-10-20-22-18(16)14-5-3-2-4-6-14/h2-6,9-10,15H,7-8,11-12H2,1H3,(H,19,21)(H,20,22)/t15-/m1/s1. The molecule has 0 unspecified atom stereocenters. The highest BCUT2D eigenvalue weighted by Crippen LogP contribution is 2.30. The van der Waals surface area contributed by atoms with Crippen LogP contribution in [0.2, 0.25) is 0 Å². The Labute approximate surface area is 135 Å². The molecule has 1 aliphatic rings. The smallest absolute Gasteiger partial charge is 0.0695 e. The zero-order chi connectivity index (χ0) is 15.6. The molecule has 118 valence electrons. The van der Waals surface area contributed by atoms with E-state index in [1.54, 1.807) is 0 Å². The van der Waals surface area contributed by atoms with Crippen LogP contribution in [0.25, 0.3) is 11.3 Å². The summed E-state index contributed by atoms with van der Waals surface area (Å²) in [5.74, 6) is 0.560. The fraction of sp³-hybridized carbons (Fsp3) is 0.333. The molecule has 23 heavy (non-hydrogen) atoms. The van der Waals surface area contributed by atoms with Crippen LogP contribution < -0.4 is 0 Å². The molecule has 3 heterocycles. The molecule has 1 saturated heterocycles. The number of nitrogens with zero attached hydrogens (tertiary/aromatic N) is 3. The number of nitrogens with one attached hydrogen (secondary N) is 2. The van der Waals surface area contributed by atoms with Gasteiger partial charge in [0.05, 0.1) is 18.1 Å². The Morgan fingerprint density at radius 2 is 1.96 bits per heavy atom. The third-order valence-electron chi connectivity index (χ3n) is 4.72. The molecule has 0 spiro atoms. The van der Waals surface area contributed by atoms with E-state index < -0.39 is 0 Å². The molecule has 5 nitrogen and oxygen atoms in total. The number of aryl methyl sites for hydroxylation is 1. The van der Waals surface area contributed by atoms with Crippen molar-refractivity contribution in [1.82, 2.24) is 25.3 Å². The van der Waals surface area contributed by atoms with E-state index in [0.29, 0.717) is 5.92 Å². The summed E-state index contributed by atoms with van der Waals surface area (Å²) >= 11 is 0. The molecule has 1 aromatic carbocycles. The van der Waals surface area contributed by atoms with Gasteiger partial charge >= 0.3 is 0 Å². The van der Waals surface area contributed by atoms with Crippen LogP contribution in [-0.4, -0.2) is 38.4 Å². The van der Waals surface area contributed by atoms with Crippen LogP contribution in [0.5, 0.6) is 0 Å². The van der Waals surface area contributed by atoms with Gasteiger partial charge in [0.1, 0.15) is 0 Å². The number of hydrogen-bond acceptors (Lipinski definition) is 3. The number of likely N-dealkylation sites (tertiary alicyclic amines) is 1. The van der Waals surface area contributed by atoms with Crippen molar-refractivity contribution in [3.63, 3.8) is 0 Å². The van der Waals surface area contributed by atoms with E-state index in [9.17, 15) is 0 Å². The van der Waals surface area contributed by atoms with Gasteiger partial charge in [-0.3, -0.25) is 15.1 Å². The van der Waals surface area contributed by atoms with E-state index in [1.807, 2.05) is 18.5 Å². The molecule has 2 N–H and O–H groups in total. The van der Waals surface area contributed by atoms with Crippen molar-refractivity contribution in [2.45, 2.75) is 25.8 Å². The molecule has 0 radical (unpaired) electrons. The van der Waals surface area contributed by atoms with Crippen LogP contribution in [0.4, 0.5) is 0 Å². The Bertz CT molecular complexity index is 774. The third kappa shape index (κ3) is 2.80. The van der Waals surface area contributed by atoms with Crippen molar-refractivity contribution < 1.29 is 0 Å². The SMILES string of the molecule is Cc1cn[nH]c1[C@@H]1CCN(Cc2cn[nH]c2-c2ccccc2)C1. The molecular weight excluding hydrogens is 286 g/mol. The highest BCUT2D eigenvalue weighted by atomic mass is 15.2. The fourth-order valence-electron chi connectivity index (χ4n) is 3.51. The lowest BCUT2D eigenvalue weighted by Gasteiger charge is -2.16. The average molecular weight is 307 g/mol. The monoisotopic (exact) mass is 307 g/mol. The predicted molar refractivity (Wildman–Crippen MR) is 90.0 cm³/mol. The molecular formula is C18H21N5. The maximum Gasteiger partial charge on any atom is 0.0695 e. The minimum atomic E-state index is 0.560. The number of rotatable bonds is 4. The van der Waals surface area contributed by atoms with E-state index in [4.69, 9.17) is 0 Å². The topological polar surface area (TPSA) is 60.6 Å². The first-order chi connectivity index (χ1) is 11.3. The zero-order valence-electron chi connectivity index (χ0n) is 13.3. The van der Waals surface area contributed by atoms with Gasteiger partial charge in [0.2, 0.25) is 0 Å². The van der Waals surface area contributed by atoms with Crippen LogP contribution in [0.1, 0.15) is 29.2 Å². The number of hydrogen-bond donors (Lipinski definition) is 2. The summed E-state index contributed by atoms with van der Waals surface area (Å²) in [6.07, 6.45) is 5.06. The summed E-state index contributed by atoms with van der Waals surface area (Å²) in [6, 6.07) is 10.4. The highest BCUT2D eigenvalue weighted by Gasteiger charge is 2.26.